The maximum absolute atomic E-state index is 10.4. The number of hydrogen-bond acceptors (Lipinski definition) is 7. The summed E-state index contributed by atoms with van der Waals surface area (Å²) in [4.78, 5) is 23.1. The first-order valence-electron chi connectivity index (χ1n) is 8.20. The molecule has 1 saturated heterocycles. The Morgan fingerprint density at radius 2 is 1.38 bits per heavy atom. The van der Waals surface area contributed by atoms with Gasteiger partial charge in [0.2, 0.25) is 0 Å². The van der Waals surface area contributed by atoms with E-state index in [2.05, 4.69) is 42.1 Å². The molecule has 0 unspecified atom stereocenters. The number of likely N-dealkylation sites (tertiary alicyclic amines) is 1. The van der Waals surface area contributed by atoms with E-state index in [1.54, 1.807) is 0 Å². The second-order valence-corrected chi connectivity index (χ2v) is 7.21. The number of esters is 2. The van der Waals surface area contributed by atoms with Gasteiger partial charge < -0.3 is 19.7 Å². The number of methoxy groups -OCH3 is 2. The van der Waals surface area contributed by atoms with Gasteiger partial charge in [0.05, 0.1) is 39.8 Å². The lowest BCUT2D eigenvalue weighted by Gasteiger charge is -2.54. The molecule has 0 aromatic rings. The van der Waals surface area contributed by atoms with Gasteiger partial charge in [0.15, 0.2) is 0 Å². The van der Waals surface area contributed by atoms with Crippen molar-refractivity contribution in [3.8, 4) is 0 Å². The smallest absolute Gasteiger partial charge is 0.306 e. The van der Waals surface area contributed by atoms with Crippen LogP contribution in [0, 0.1) is 0 Å². The molecule has 1 rings (SSSR count). The molecule has 24 heavy (non-hydrogen) atoms. The second kappa shape index (κ2) is 9.96. The molecule has 0 aromatic heterocycles. The van der Waals surface area contributed by atoms with Gasteiger partial charge in [-0.25, -0.2) is 0 Å². The first-order valence-corrected chi connectivity index (χ1v) is 8.20. The van der Waals surface area contributed by atoms with Crippen molar-refractivity contribution >= 4 is 11.9 Å². The minimum absolute atomic E-state index is 0.0239. The molecule has 0 amide bonds. The van der Waals surface area contributed by atoms with E-state index in [-0.39, 0.29) is 36.6 Å². The predicted molar refractivity (Wildman–Crippen MR) is 90.5 cm³/mol. The van der Waals surface area contributed by atoms with Crippen LogP contribution in [0.1, 0.15) is 53.4 Å². The Hall–Kier alpha value is -1.18. The number of carbonyl (C=O) groups excluding carboxylic acids is 2. The highest BCUT2D eigenvalue weighted by atomic mass is 16.5. The van der Waals surface area contributed by atoms with E-state index >= 15 is 0 Å². The summed E-state index contributed by atoms with van der Waals surface area (Å²) in [5.74, 6) is -0.796. The molecule has 2 N–H and O–H groups in total. The van der Waals surface area contributed by atoms with Crippen molar-refractivity contribution in [2.75, 3.05) is 27.4 Å². The first kappa shape index (κ1) is 22.8. The molecule has 0 bridgehead atoms. The van der Waals surface area contributed by atoms with Crippen LogP contribution in [-0.4, -0.2) is 71.6 Å². The highest BCUT2D eigenvalue weighted by Crippen LogP contribution is 2.37. The Labute approximate surface area is 144 Å². The molecule has 0 atom stereocenters. The zero-order valence-corrected chi connectivity index (χ0v) is 15.8. The Morgan fingerprint density at radius 3 is 1.67 bits per heavy atom. The van der Waals surface area contributed by atoms with Crippen LogP contribution in [0.2, 0.25) is 0 Å². The van der Waals surface area contributed by atoms with Crippen LogP contribution in [0.15, 0.2) is 0 Å². The fourth-order valence-electron chi connectivity index (χ4n) is 3.38. The highest BCUT2D eigenvalue weighted by molar-refractivity contribution is 5.77. The predicted octanol–water partition coefficient (Wildman–Crippen LogP) is 1.11. The fraction of sp³-hybridized carbons (Fsp3) is 0.882. The summed E-state index contributed by atoms with van der Waals surface area (Å²) >= 11 is 0. The molecule has 1 aliphatic rings. The van der Waals surface area contributed by atoms with Gasteiger partial charge in [-0.3, -0.25) is 14.5 Å². The average Bonchev–Trinajstić information content (AvgIpc) is 2.47. The molecule has 7 heteroatoms. The molecule has 0 aliphatic carbocycles. The average molecular weight is 347 g/mol. The van der Waals surface area contributed by atoms with Crippen molar-refractivity contribution in [2.24, 2.45) is 0 Å². The maximum Gasteiger partial charge on any atom is 0.306 e. The van der Waals surface area contributed by atoms with Gasteiger partial charge in [0.1, 0.15) is 0 Å². The molecular weight excluding hydrogens is 314 g/mol. The van der Waals surface area contributed by atoms with Crippen molar-refractivity contribution in [1.82, 2.24) is 4.90 Å². The zero-order chi connectivity index (χ0) is 19.0. The number of rotatable bonds is 5. The Bertz CT molecular complexity index is 374. The summed E-state index contributed by atoms with van der Waals surface area (Å²) in [6.45, 7) is 9.40. The number of hydrogen-bond donors (Lipinski definition) is 2. The summed E-state index contributed by atoms with van der Waals surface area (Å²) < 4.78 is 8.60. The van der Waals surface area contributed by atoms with Crippen LogP contribution < -0.4 is 0 Å². The van der Waals surface area contributed by atoms with E-state index in [1.807, 2.05) is 0 Å². The SMILES string of the molecule is CC1(C)CC(O)CC(C)(C)N1CCO.COC(=O)CCC(=O)OC. The van der Waals surface area contributed by atoms with Crippen molar-refractivity contribution < 1.29 is 29.3 Å². The highest BCUT2D eigenvalue weighted by Gasteiger charge is 2.44. The van der Waals surface area contributed by atoms with E-state index in [9.17, 15) is 14.7 Å². The number of ether oxygens (including phenoxy) is 2. The lowest BCUT2D eigenvalue weighted by Crippen LogP contribution is -2.62. The molecule has 142 valence electrons. The van der Waals surface area contributed by atoms with E-state index in [0.717, 1.165) is 12.8 Å². The normalized spacial score (nSPS) is 19.8. The van der Waals surface area contributed by atoms with Crippen molar-refractivity contribution in [1.29, 1.82) is 0 Å². The number of aliphatic hydroxyl groups excluding tert-OH is 2. The molecule has 0 saturated carbocycles. The van der Waals surface area contributed by atoms with Crippen molar-refractivity contribution in [2.45, 2.75) is 70.6 Å². The summed E-state index contributed by atoms with van der Waals surface area (Å²) in [6.07, 6.45) is 1.54. The molecule has 0 aromatic carbocycles. The minimum atomic E-state index is -0.398. The molecule has 7 nitrogen and oxygen atoms in total. The van der Waals surface area contributed by atoms with Crippen LogP contribution in [0.25, 0.3) is 0 Å². The Kier molecular flexibility index (Phi) is 9.47. The molecule has 0 radical (unpaired) electrons. The molecule has 1 heterocycles. The maximum atomic E-state index is 10.4. The second-order valence-electron chi connectivity index (χ2n) is 7.21. The third-order valence-electron chi connectivity index (χ3n) is 4.24. The van der Waals surface area contributed by atoms with Gasteiger partial charge in [-0.1, -0.05) is 0 Å². The van der Waals surface area contributed by atoms with Crippen LogP contribution in [-0.2, 0) is 19.1 Å². The van der Waals surface area contributed by atoms with Gasteiger partial charge in [0, 0.05) is 17.6 Å². The van der Waals surface area contributed by atoms with Gasteiger partial charge in [-0.15, -0.1) is 0 Å². The standard InChI is InChI=1S/C11H23NO2.C6H10O4/c1-10(2)7-9(14)8-11(3,4)12(10)5-6-13;1-9-5(7)3-4-6(8)10-2/h9,13-14H,5-8H2,1-4H3;3-4H2,1-2H3. The minimum Gasteiger partial charge on any atom is -0.469 e. The third kappa shape index (κ3) is 7.59. The molecular formula is C17H33NO6. The summed E-state index contributed by atoms with van der Waals surface area (Å²) in [5, 5.41) is 18.8. The van der Waals surface area contributed by atoms with Gasteiger partial charge in [-0.2, -0.15) is 0 Å². The largest absolute Gasteiger partial charge is 0.469 e. The zero-order valence-electron chi connectivity index (χ0n) is 15.8. The number of carbonyl (C=O) groups is 2. The first-order chi connectivity index (χ1) is 11.0. The van der Waals surface area contributed by atoms with Gasteiger partial charge in [-0.05, 0) is 40.5 Å². The summed E-state index contributed by atoms with van der Waals surface area (Å²) in [6, 6.07) is 0. The Balaban J connectivity index is 0.000000470. The third-order valence-corrected chi connectivity index (χ3v) is 4.24. The number of aliphatic hydroxyl groups is 2. The molecule has 1 aliphatic heterocycles. The quantitative estimate of drug-likeness (QED) is 0.719. The summed E-state index contributed by atoms with van der Waals surface area (Å²) in [5.41, 5.74) is -0.0478. The Morgan fingerprint density at radius 1 is 1.00 bits per heavy atom. The van der Waals surface area contributed by atoms with Crippen LogP contribution >= 0.6 is 0 Å². The topological polar surface area (TPSA) is 96.3 Å². The van der Waals surface area contributed by atoms with Crippen molar-refractivity contribution in [3.63, 3.8) is 0 Å². The lowest BCUT2D eigenvalue weighted by atomic mass is 9.78. The van der Waals surface area contributed by atoms with Gasteiger partial charge >= 0.3 is 11.9 Å². The van der Waals surface area contributed by atoms with Crippen molar-refractivity contribution in [3.05, 3.63) is 0 Å². The fourth-order valence-corrected chi connectivity index (χ4v) is 3.38. The summed E-state index contributed by atoms with van der Waals surface area (Å²) in [7, 11) is 2.55. The van der Waals surface area contributed by atoms with Crippen LogP contribution in [0.5, 0.6) is 0 Å². The van der Waals surface area contributed by atoms with E-state index in [1.165, 1.54) is 14.2 Å². The van der Waals surface area contributed by atoms with E-state index in [4.69, 9.17) is 5.11 Å². The number of nitrogens with zero attached hydrogens (tertiary/aromatic N) is 1. The van der Waals surface area contributed by atoms with Gasteiger partial charge in [0.25, 0.3) is 0 Å². The van der Waals surface area contributed by atoms with Crippen LogP contribution in [0.3, 0.4) is 0 Å². The lowest BCUT2D eigenvalue weighted by molar-refractivity contribution is -0.147. The van der Waals surface area contributed by atoms with E-state index in [0.29, 0.717) is 6.54 Å². The number of β-amino-alcohol motifs (C(OH)–C–C–N with tert-alkyl or cyclic N) is 1. The van der Waals surface area contributed by atoms with E-state index < -0.39 is 11.9 Å². The monoisotopic (exact) mass is 347 g/mol. The van der Waals surface area contributed by atoms with Crippen LogP contribution in [0.4, 0.5) is 0 Å². The molecule has 1 fully saturated rings. The molecule has 0 spiro atoms. The number of piperidine rings is 1.